The van der Waals surface area contributed by atoms with Gasteiger partial charge in [-0.2, -0.15) is 15.6 Å². The summed E-state index contributed by atoms with van der Waals surface area (Å²) in [4.78, 5) is 2.29. The van der Waals surface area contributed by atoms with Gasteiger partial charge in [-0.1, -0.05) is 18.2 Å². The predicted molar refractivity (Wildman–Crippen MR) is 90.8 cm³/mol. The second kappa shape index (κ2) is 6.70. The third kappa shape index (κ3) is 3.49. The minimum Gasteiger partial charge on any atom is -0.390 e. The van der Waals surface area contributed by atoms with Crippen LogP contribution in [0.2, 0.25) is 0 Å². The number of aliphatic hydroxyl groups excluding tert-OH is 1. The largest absolute Gasteiger partial charge is 0.390 e. The van der Waals surface area contributed by atoms with Crippen molar-refractivity contribution in [2.24, 2.45) is 0 Å². The Morgan fingerprint density at radius 3 is 2.65 bits per heavy atom. The molecule has 0 spiro atoms. The van der Waals surface area contributed by atoms with Crippen LogP contribution in [0, 0.1) is 0 Å². The number of nitrogens with zero attached hydrogens (tertiary/aromatic N) is 2. The molecule has 3 rings (SSSR count). The Balaban J connectivity index is 1.73. The molecule has 2 aromatic rings. The Kier molecular flexibility index (Phi) is 4.84. The van der Waals surface area contributed by atoms with E-state index in [2.05, 4.69) is 5.38 Å². The van der Waals surface area contributed by atoms with E-state index in [1.165, 1.54) is 9.87 Å². The standard InChI is InChI=1S/C16H20N2O3S2/c1-17(9-13-7-8-22-12-13)15-10-18(11-16(15)19)23(20,21)14-5-3-2-4-6-14/h2-8,12,15-16,19H,9-11H2,1H3/t15-,16-/m0/s1. The van der Waals surface area contributed by atoms with E-state index < -0.39 is 16.1 Å². The monoisotopic (exact) mass is 352 g/mol. The maximum Gasteiger partial charge on any atom is 0.243 e. The number of sulfonamides is 1. The van der Waals surface area contributed by atoms with Gasteiger partial charge in [0.15, 0.2) is 0 Å². The molecule has 0 bridgehead atoms. The molecule has 1 aliphatic rings. The summed E-state index contributed by atoms with van der Waals surface area (Å²) in [5.41, 5.74) is 1.18. The van der Waals surface area contributed by atoms with Gasteiger partial charge < -0.3 is 5.11 Å². The lowest BCUT2D eigenvalue weighted by atomic mass is 10.2. The lowest BCUT2D eigenvalue weighted by molar-refractivity contribution is 0.0954. The zero-order valence-electron chi connectivity index (χ0n) is 12.9. The highest BCUT2D eigenvalue weighted by atomic mass is 32.2. The number of likely N-dealkylation sites (N-methyl/N-ethyl adjacent to an activating group) is 1. The maximum atomic E-state index is 12.7. The summed E-state index contributed by atoms with van der Waals surface area (Å²) in [7, 11) is -1.63. The van der Waals surface area contributed by atoms with Gasteiger partial charge in [-0.3, -0.25) is 4.90 Å². The van der Waals surface area contributed by atoms with Gasteiger partial charge in [0.1, 0.15) is 0 Å². The highest BCUT2D eigenvalue weighted by Gasteiger charge is 2.40. The second-order valence-corrected chi connectivity index (χ2v) is 8.53. The van der Waals surface area contributed by atoms with Crippen LogP contribution in [0.15, 0.2) is 52.1 Å². The molecule has 0 amide bonds. The number of benzene rings is 1. The smallest absolute Gasteiger partial charge is 0.243 e. The molecule has 7 heteroatoms. The second-order valence-electron chi connectivity index (χ2n) is 5.82. The molecule has 5 nitrogen and oxygen atoms in total. The first-order chi connectivity index (χ1) is 11.0. The van der Waals surface area contributed by atoms with Gasteiger partial charge in [0.05, 0.1) is 17.0 Å². The van der Waals surface area contributed by atoms with Crippen LogP contribution in [0.1, 0.15) is 5.56 Å². The number of hydrogen-bond donors (Lipinski definition) is 1. The Morgan fingerprint density at radius 1 is 1.26 bits per heavy atom. The summed E-state index contributed by atoms with van der Waals surface area (Å²) in [5, 5.41) is 14.4. The minimum atomic E-state index is -3.55. The van der Waals surface area contributed by atoms with Crippen molar-refractivity contribution in [1.29, 1.82) is 0 Å². The Hall–Kier alpha value is -1.25. The van der Waals surface area contributed by atoms with Crippen molar-refractivity contribution >= 4 is 21.4 Å². The van der Waals surface area contributed by atoms with Gasteiger partial charge in [-0.25, -0.2) is 8.42 Å². The molecule has 1 aromatic heterocycles. The molecule has 23 heavy (non-hydrogen) atoms. The predicted octanol–water partition coefficient (Wildman–Crippen LogP) is 1.61. The van der Waals surface area contributed by atoms with Crippen molar-refractivity contribution in [1.82, 2.24) is 9.21 Å². The third-order valence-electron chi connectivity index (χ3n) is 4.18. The zero-order valence-corrected chi connectivity index (χ0v) is 14.5. The number of β-amino-alcohol motifs (C(OH)–C–C–N with tert-alkyl or cyclic N) is 1. The molecular formula is C16H20N2O3S2. The van der Waals surface area contributed by atoms with E-state index in [0.717, 1.165) is 0 Å². The number of aliphatic hydroxyl groups is 1. The fourth-order valence-electron chi connectivity index (χ4n) is 2.89. The molecule has 2 atom stereocenters. The zero-order chi connectivity index (χ0) is 16.4. The lowest BCUT2D eigenvalue weighted by Gasteiger charge is -2.26. The Morgan fingerprint density at radius 2 is 2.00 bits per heavy atom. The van der Waals surface area contributed by atoms with Crippen LogP contribution < -0.4 is 0 Å². The minimum absolute atomic E-state index is 0.135. The summed E-state index contributed by atoms with van der Waals surface area (Å²) < 4.78 is 26.7. The average Bonchev–Trinajstić information content (AvgIpc) is 3.18. The molecule has 0 aliphatic carbocycles. The number of rotatable bonds is 5. The van der Waals surface area contributed by atoms with E-state index in [-0.39, 0.29) is 17.5 Å². The molecule has 1 aromatic carbocycles. The van der Waals surface area contributed by atoms with E-state index in [1.54, 1.807) is 41.7 Å². The van der Waals surface area contributed by atoms with Crippen molar-refractivity contribution in [3.8, 4) is 0 Å². The SMILES string of the molecule is CN(Cc1ccsc1)[C@H]1CN(S(=O)(=O)c2ccccc2)C[C@@H]1O. The van der Waals surface area contributed by atoms with Crippen LogP contribution in [-0.4, -0.2) is 55.0 Å². The van der Waals surface area contributed by atoms with Crippen molar-refractivity contribution < 1.29 is 13.5 Å². The first-order valence-corrected chi connectivity index (χ1v) is 9.81. The third-order valence-corrected chi connectivity index (χ3v) is 6.76. The van der Waals surface area contributed by atoms with E-state index in [4.69, 9.17) is 0 Å². The molecule has 0 unspecified atom stereocenters. The normalized spacial score (nSPS) is 22.7. The molecule has 124 valence electrons. The molecule has 2 heterocycles. The molecular weight excluding hydrogens is 332 g/mol. The Bertz CT molecular complexity index is 732. The average molecular weight is 352 g/mol. The van der Waals surface area contributed by atoms with Gasteiger partial charge in [0, 0.05) is 19.6 Å². The quantitative estimate of drug-likeness (QED) is 0.888. The first kappa shape index (κ1) is 16.6. The topological polar surface area (TPSA) is 60.9 Å². The van der Waals surface area contributed by atoms with Crippen LogP contribution in [-0.2, 0) is 16.6 Å². The van der Waals surface area contributed by atoms with E-state index in [1.807, 2.05) is 23.4 Å². The number of thiophene rings is 1. The molecule has 1 saturated heterocycles. The van der Waals surface area contributed by atoms with Crippen LogP contribution in [0.3, 0.4) is 0 Å². The molecule has 1 fully saturated rings. The van der Waals surface area contributed by atoms with Gasteiger partial charge >= 0.3 is 0 Å². The maximum absolute atomic E-state index is 12.7. The van der Waals surface area contributed by atoms with Crippen LogP contribution in [0.4, 0.5) is 0 Å². The highest BCUT2D eigenvalue weighted by molar-refractivity contribution is 7.89. The summed E-state index contributed by atoms with van der Waals surface area (Å²) >= 11 is 1.63. The lowest BCUT2D eigenvalue weighted by Crippen LogP contribution is -2.40. The van der Waals surface area contributed by atoms with Crippen LogP contribution in [0.25, 0.3) is 0 Å². The van der Waals surface area contributed by atoms with E-state index in [0.29, 0.717) is 13.1 Å². The summed E-state index contributed by atoms with van der Waals surface area (Å²) in [6.07, 6.45) is -0.683. The van der Waals surface area contributed by atoms with Crippen LogP contribution >= 0.6 is 11.3 Å². The van der Waals surface area contributed by atoms with E-state index in [9.17, 15) is 13.5 Å². The van der Waals surface area contributed by atoms with Gasteiger partial charge in [0.2, 0.25) is 10.0 Å². The van der Waals surface area contributed by atoms with Gasteiger partial charge in [-0.15, -0.1) is 0 Å². The Labute approximate surface area is 140 Å². The molecule has 0 saturated carbocycles. The van der Waals surface area contributed by atoms with Crippen molar-refractivity contribution in [3.63, 3.8) is 0 Å². The molecule has 1 aliphatic heterocycles. The van der Waals surface area contributed by atoms with Crippen LogP contribution in [0.5, 0.6) is 0 Å². The summed E-state index contributed by atoms with van der Waals surface area (Å²) in [5.74, 6) is 0. The first-order valence-electron chi connectivity index (χ1n) is 7.43. The molecule has 0 radical (unpaired) electrons. The number of hydrogen-bond acceptors (Lipinski definition) is 5. The molecule has 1 N–H and O–H groups in total. The summed E-state index contributed by atoms with van der Waals surface area (Å²) in [6.45, 7) is 1.14. The highest BCUT2D eigenvalue weighted by Crippen LogP contribution is 2.24. The van der Waals surface area contributed by atoms with E-state index >= 15 is 0 Å². The van der Waals surface area contributed by atoms with Crippen molar-refractivity contribution in [3.05, 3.63) is 52.7 Å². The van der Waals surface area contributed by atoms with Gasteiger partial charge in [0.25, 0.3) is 0 Å². The fourth-order valence-corrected chi connectivity index (χ4v) is 5.05. The summed E-state index contributed by atoms with van der Waals surface area (Å²) in [6, 6.07) is 10.2. The fraction of sp³-hybridized carbons (Fsp3) is 0.375. The van der Waals surface area contributed by atoms with Gasteiger partial charge in [-0.05, 0) is 41.6 Å². The van der Waals surface area contributed by atoms with Crippen molar-refractivity contribution in [2.45, 2.75) is 23.6 Å². The van der Waals surface area contributed by atoms with Crippen molar-refractivity contribution in [2.75, 3.05) is 20.1 Å².